The largest absolute Gasteiger partial charge is 0.494 e. The number of nitrogens with zero attached hydrogens (tertiary/aromatic N) is 2. The van der Waals surface area contributed by atoms with E-state index in [0.29, 0.717) is 31.0 Å². The van der Waals surface area contributed by atoms with Gasteiger partial charge in [-0.15, -0.1) is 23.5 Å². The van der Waals surface area contributed by atoms with E-state index in [0.717, 1.165) is 58.1 Å². The summed E-state index contributed by atoms with van der Waals surface area (Å²) in [5.74, 6) is 2.00. The molecule has 208 valence electrons. The summed E-state index contributed by atoms with van der Waals surface area (Å²) in [6, 6.07) is 3.29. The highest BCUT2D eigenvalue weighted by Gasteiger charge is 2.30. The molecule has 4 N–H and O–H groups in total. The molecule has 11 heteroatoms. The molecule has 0 spiro atoms. The molecule has 0 atom stereocenters. The van der Waals surface area contributed by atoms with E-state index in [1.807, 2.05) is 27.7 Å². The minimum absolute atomic E-state index is 0.102. The molecule has 0 saturated carbocycles. The van der Waals surface area contributed by atoms with Gasteiger partial charge in [0.1, 0.15) is 0 Å². The highest BCUT2D eigenvalue weighted by molar-refractivity contribution is 7.99. The van der Waals surface area contributed by atoms with Crippen molar-refractivity contribution in [3.05, 3.63) is 44.0 Å². The molecule has 4 heterocycles. The zero-order chi connectivity index (χ0) is 27.7. The molecule has 0 aromatic carbocycles. The van der Waals surface area contributed by atoms with E-state index in [-0.39, 0.29) is 22.9 Å². The SMILES string of the molecule is CC(C)(CCCNC(=S)NCCCC(C)(C)n1c(O)c2c(cc1=O)SCC2)n1c(O)c2c(cc1=O)SCC2. The van der Waals surface area contributed by atoms with Gasteiger partial charge in [0, 0.05) is 68.7 Å². The molecule has 2 aromatic heterocycles. The van der Waals surface area contributed by atoms with Crippen molar-refractivity contribution in [2.75, 3.05) is 24.6 Å². The standard InChI is InChI=1S/C27H38N4O4S3/c1-26(2,30-21(32)15-19-17(23(30)34)7-13-37-19)9-5-11-28-25(36)29-12-6-10-27(3,4)31-22(33)16-20-18(24(31)35)8-14-38-20/h15-16,34-35H,5-14H2,1-4H3,(H2,28,29,36). The number of hydrogen-bond donors (Lipinski definition) is 4. The number of hydrogen-bond acceptors (Lipinski definition) is 7. The second-order valence-corrected chi connectivity index (χ2v) is 13.9. The van der Waals surface area contributed by atoms with Crippen molar-refractivity contribution >= 4 is 40.9 Å². The Kier molecular flexibility index (Phi) is 8.78. The molecule has 2 aliphatic rings. The first-order valence-electron chi connectivity index (χ1n) is 13.2. The summed E-state index contributed by atoms with van der Waals surface area (Å²) < 4.78 is 3.05. The second kappa shape index (κ2) is 11.6. The van der Waals surface area contributed by atoms with Crippen molar-refractivity contribution in [3.8, 4) is 11.8 Å². The molecular formula is C27H38N4O4S3. The van der Waals surface area contributed by atoms with Gasteiger partial charge in [-0.25, -0.2) is 0 Å². The van der Waals surface area contributed by atoms with Crippen LogP contribution in [0.3, 0.4) is 0 Å². The highest BCUT2D eigenvalue weighted by atomic mass is 32.2. The number of thiocarbonyl (C=S) groups is 1. The van der Waals surface area contributed by atoms with Crippen LogP contribution in [0.15, 0.2) is 31.5 Å². The Balaban J connectivity index is 1.21. The van der Waals surface area contributed by atoms with Crippen LogP contribution < -0.4 is 21.8 Å². The molecule has 0 amide bonds. The second-order valence-electron chi connectivity index (χ2n) is 11.2. The molecule has 8 nitrogen and oxygen atoms in total. The molecule has 0 unspecified atom stereocenters. The summed E-state index contributed by atoms with van der Waals surface area (Å²) >= 11 is 8.67. The fourth-order valence-electron chi connectivity index (χ4n) is 5.38. The van der Waals surface area contributed by atoms with Crippen LogP contribution in [0, 0.1) is 0 Å². The maximum atomic E-state index is 12.7. The average molecular weight is 579 g/mol. The van der Waals surface area contributed by atoms with Gasteiger partial charge in [-0.3, -0.25) is 18.7 Å². The quantitative estimate of drug-likeness (QED) is 0.247. The number of aromatic nitrogens is 2. The normalized spacial score (nSPS) is 14.8. The van der Waals surface area contributed by atoms with Crippen molar-refractivity contribution in [2.24, 2.45) is 0 Å². The minimum atomic E-state index is -0.522. The minimum Gasteiger partial charge on any atom is -0.494 e. The Bertz CT molecular complexity index is 1230. The Morgan fingerprint density at radius 2 is 1.24 bits per heavy atom. The van der Waals surface area contributed by atoms with Crippen LogP contribution in [-0.4, -0.2) is 49.1 Å². The molecule has 38 heavy (non-hydrogen) atoms. The lowest BCUT2D eigenvalue weighted by Gasteiger charge is -2.30. The lowest BCUT2D eigenvalue weighted by Crippen LogP contribution is -2.40. The van der Waals surface area contributed by atoms with Crippen LogP contribution in [0.1, 0.15) is 64.5 Å². The van der Waals surface area contributed by atoms with Crippen molar-refractivity contribution < 1.29 is 10.2 Å². The molecule has 0 fully saturated rings. The maximum absolute atomic E-state index is 12.7. The van der Waals surface area contributed by atoms with Gasteiger partial charge in [-0.05, 0) is 78.4 Å². The number of rotatable bonds is 10. The summed E-state index contributed by atoms with van der Waals surface area (Å²) in [5, 5.41) is 28.5. The van der Waals surface area contributed by atoms with Crippen LogP contribution in [0.5, 0.6) is 11.8 Å². The molecule has 0 radical (unpaired) electrons. The summed E-state index contributed by atoms with van der Waals surface area (Å²) in [7, 11) is 0. The summed E-state index contributed by atoms with van der Waals surface area (Å²) in [5.41, 5.74) is 0.387. The van der Waals surface area contributed by atoms with Gasteiger partial charge in [0.2, 0.25) is 0 Å². The van der Waals surface area contributed by atoms with Gasteiger partial charge in [0.05, 0.1) is 0 Å². The van der Waals surface area contributed by atoms with E-state index >= 15 is 0 Å². The van der Waals surface area contributed by atoms with Gasteiger partial charge in [0.15, 0.2) is 16.9 Å². The fourth-order valence-corrected chi connectivity index (χ4v) is 7.74. The fraction of sp³-hybridized carbons (Fsp3) is 0.593. The third-order valence-corrected chi connectivity index (χ3v) is 9.90. The van der Waals surface area contributed by atoms with Crippen LogP contribution in [-0.2, 0) is 23.9 Å². The first-order valence-corrected chi connectivity index (χ1v) is 15.5. The van der Waals surface area contributed by atoms with E-state index in [1.165, 1.54) is 9.13 Å². The van der Waals surface area contributed by atoms with E-state index in [9.17, 15) is 19.8 Å². The number of aromatic hydroxyl groups is 2. The van der Waals surface area contributed by atoms with Crippen LogP contribution in [0.25, 0.3) is 0 Å². The van der Waals surface area contributed by atoms with E-state index in [1.54, 1.807) is 35.7 Å². The van der Waals surface area contributed by atoms with Crippen molar-refractivity contribution in [2.45, 2.75) is 87.1 Å². The predicted molar refractivity (Wildman–Crippen MR) is 159 cm³/mol. The smallest absolute Gasteiger partial charge is 0.254 e. The molecule has 2 aromatic rings. The van der Waals surface area contributed by atoms with Crippen LogP contribution >= 0.6 is 35.7 Å². The summed E-state index contributed by atoms with van der Waals surface area (Å²) in [6.07, 6.45) is 4.52. The number of thioether (sulfide) groups is 2. The topological polar surface area (TPSA) is 109 Å². The molecule has 0 bridgehead atoms. The lowest BCUT2D eigenvalue weighted by molar-refractivity contribution is 0.263. The summed E-state index contributed by atoms with van der Waals surface area (Å²) in [6.45, 7) is 9.20. The number of fused-ring (bicyclic) bond motifs is 2. The van der Waals surface area contributed by atoms with E-state index < -0.39 is 11.1 Å². The van der Waals surface area contributed by atoms with Gasteiger partial charge < -0.3 is 20.8 Å². The molecule has 0 saturated heterocycles. The molecule has 2 aliphatic heterocycles. The maximum Gasteiger partial charge on any atom is 0.254 e. The van der Waals surface area contributed by atoms with Gasteiger partial charge in [0.25, 0.3) is 11.1 Å². The Labute approximate surface area is 237 Å². The lowest BCUT2D eigenvalue weighted by atomic mass is 9.97. The first-order chi connectivity index (χ1) is 17.9. The highest BCUT2D eigenvalue weighted by Crippen LogP contribution is 2.39. The zero-order valence-corrected chi connectivity index (χ0v) is 25.0. The summed E-state index contributed by atoms with van der Waals surface area (Å²) in [4.78, 5) is 27.2. The molecule has 4 rings (SSSR count). The third kappa shape index (κ3) is 6.04. The number of pyridine rings is 2. The van der Waals surface area contributed by atoms with Gasteiger partial charge >= 0.3 is 0 Å². The third-order valence-electron chi connectivity index (χ3n) is 7.44. The molecular weight excluding hydrogens is 541 g/mol. The number of nitrogens with one attached hydrogen (secondary N) is 2. The Morgan fingerprint density at radius 3 is 1.63 bits per heavy atom. The molecule has 0 aliphatic carbocycles. The van der Waals surface area contributed by atoms with Crippen molar-refractivity contribution in [1.82, 2.24) is 19.8 Å². The predicted octanol–water partition coefficient (Wildman–Crippen LogP) is 3.91. The van der Waals surface area contributed by atoms with E-state index in [2.05, 4.69) is 10.6 Å². The van der Waals surface area contributed by atoms with E-state index in [4.69, 9.17) is 12.2 Å². The van der Waals surface area contributed by atoms with Crippen molar-refractivity contribution in [3.63, 3.8) is 0 Å². The van der Waals surface area contributed by atoms with Crippen LogP contribution in [0.4, 0.5) is 0 Å². The monoisotopic (exact) mass is 578 g/mol. The van der Waals surface area contributed by atoms with Crippen molar-refractivity contribution in [1.29, 1.82) is 0 Å². The van der Waals surface area contributed by atoms with Crippen LogP contribution in [0.2, 0.25) is 0 Å². The zero-order valence-electron chi connectivity index (χ0n) is 22.6. The van der Waals surface area contributed by atoms with Gasteiger partial charge in [-0.2, -0.15) is 0 Å². The Morgan fingerprint density at radius 1 is 0.842 bits per heavy atom. The average Bonchev–Trinajstić information content (AvgIpc) is 3.49. The first kappa shape index (κ1) is 28.9. The Hall–Kier alpha value is -2.11. The van der Waals surface area contributed by atoms with Gasteiger partial charge in [-0.1, -0.05) is 0 Å².